The Morgan fingerprint density at radius 2 is 1.65 bits per heavy atom. The van der Waals surface area contributed by atoms with Crippen LogP contribution >= 0.6 is 11.6 Å². The number of rotatable bonds is 3. The Hall–Kier alpha value is -2.65. The van der Waals surface area contributed by atoms with Gasteiger partial charge >= 0.3 is 0 Å². The minimum Gasteiger partial charge on any atom is -0.267 e. The zero-order chi connectivity index (χ0) is 16.2. The van der Waals surface area contributed by atoms with Gasteiger partial charge in [-0.05, 0) is 41.5 Å². The maximum Gasteiger partial charge on any atom is 0.272 e. The van der Waals surface area contributed by atoms with Gasteiger partial charge in [-0.1, -0.05) is 60.1 Å². The molecule has 114 valence electrons. The number of nitrogens with one attached hydrogen (secondary N) is 1. The Morgan fingerprint density at radius 3 is 2.43 bits per heavy atom. The molecule has 4 heteroatoms. The first-order valence-corrected chi connectivity index (χ1v) is 7.61. The van der Waals surface area contributed by atoms with Crippen LogP contribution in [-0.2, 0) is 0 Å². The third kappa shape index (κ3) is 3.41. The van der Waals surface area contributed by atoms with Gasteiger partial charge in [0.1, 0.15) is 0 Å². The van der Waals surface area contributed by atoms with Crippen molar-refractivity contribution in [3.63, 3.8) is 0 Å². The minimum absolute atomic E-state index is 0.323. The third-order valence-electron chi connectivity index (χ3n) is 3.61. The Kier molecular flexibility index (Phi) is 4.40. The number of hydrazone groups is 1. The van der Waals surface area contributed by atoms with E-state index in [1.165, 1.54) is 5.39 Å². The van der Waals surface area contributed by atoms with E-state index in [0.717, 1.165) is 16.7 Å². The summed E-state index contributed by atoms with van der Waals surface area (Å²) in [6.07, 6.45) is 0. The van der Waals surface area contributed by atoms with Crippen LogP contribution in [0.1, 0.15) is 22.8 Å². The van der Waals surface area contributed by atoms with Gasteiger partial charge in [0.05, 0.1) is 16.3 Å². The van der Waals surface area contributed by atoms with Crippen LogP contribution in [0, 0.1) is 0 Å². The lowest BCUT2D eigenvalue weighted by Gasteiger charge is -2.05. The van der Waals surface area contributed by atoms with Gasteiger partial charge in [0.2, 0.25) is 0 Å². The first-order chi connectivity index (χ1) is 11.1. The molecular weight excluding hydrogens is 308 g/mol. The largest absolute Gasteiger partial charge is 0.272 e. The first-order valence-electron chi connectivity index (χ1n) is 7.23. The average Bonchev–Trinajstić information content (AvgIpc) is 2.59. The highest BCUT2D eigenvalue weighted by Gasteiger charge is 2.08. The van der Waals surface area contributed by atoms with E-state index >= 15 is 0 Å². The molecule has 3 aromatic carbocycles. The number of hydrogen-bond donors (Lipinski definition) is 1. The SMILES string of the molecule is C/C(=N/NC(=O)c1ccccc1Cl)c1ccc2ccccc2c1. The summed E-state index contributed by atoms with van der Waals surface area (Å²) in [5.74, 6) is -0.323. The Balaban J connectivity index is 1.81. The fourth-order valence-corrected chi connectivity index (χ4v) is 2.54. The van der Waals surface area contributed by atoms with E-state index in [2.05, 4.69) is 28.7 Å². The number of nitrogens with zero attached hydrogens (tertiary/aromatic N) is 1. The van der Waals surface area contributed by atoms with Crippen LogP contribution in [0.2, 0.25) is 5.02 Å². The predicted octanol–water partition coefficient (Wildman–Crippen LogP) is 4.65. The molecule has 1 amide bonds. The number of halogens is 1. The molecule has 0 aliphatic carbocycles. The van der Waals surface area contributed by atoms with E-state index in [1.807, 2.05) is 31.2 Å². The standard InChI is InChI=1S/C19H15ClN2O/c1-13(15-11-10-14-6-2-3-7-16(14)12-15)21-22-19(23)17-8-4-5-9-18(17)20/h2-12H,1H3,(H,22,23)/b21-13-. The van der Waals surface area contributed by atoms with Gasteiger partial charge in [-0.2, -0.15) is 5.10 Å². The van der Waals surface area contributed by atoms with Crippen molar-refractivity contribution in [3.8, 4) is 0 Å². The molecule has 0 radical (unpaired) electrons. The maximum absolute atomic E-state index is 12.1. The van der Waals surface area contributed by atoms with Gasteiger partial charge in [-0.15, -0.1) is 0 Å². The summed E-state index contributed by atoms with van der Waals surface area (Å²) in [4.78, 5) is 12.1. The highest BCUT2D eigenvalue weighted by Crippen LogP contribution is 2.17. The van der Waals surface area contributed by atoms with E-state index in [-0.39, 0.29) is 5.91 Å². The molecule has 3 aromatic rings. The van der Waals surface area contributed by atoms with Crippen molar-refractivity contribution < 1.29 is 4.79 Å². The second-order valence-electron chi connectivity index (χ2n) is 5.18. The fourth-order valence-electron chi connectivity index (χ4n) is 2.32. The zero-order valence-corrected chi connectivity index (χ0v) is 13.3. The van der Waals surface area contributed by atoms with E-state index in [4.69, 9.17) is 11.6 Å². The van der Waals surface area contributed by atoms with Gasteiger partial charge in [-0.25, -0.2) is 5.43 Å². The molecular formula is C19H15ClN2O. The molecule has 3 rings (SSSR count). The Bertz CT molecular complexity index is 903. The van der Waals surface area contributed by atoms with E-state index in [9.17, 15) is 4.79 Å². The van der Waals surface area contributed by atoms with Crippen molar-refractivity contribution in [2.45, 2.75) is 6.92 Å². The fraction of sp³-hybridized carbons (Fsp3) is 0.0526. The van der Waals surface area contributed by atoms with E-state index in [0.29, 0.717) is 10.6 Å². The summed E-state index contributed by atoms with van der Waals surface area (Å²) in [7, 11) is 0. The lowest BCUT2D eigenvalue weighted by atomic mass is 10.0. The molecule has 0 fully saturated rings. The molecule has 0 unspecified atom stereocenters. The van der Waals surface area contributed by atoms with Gasteiger partial charge in [0.15, 0.2) is 0 Å². The molecule has 0 saturated carbocycles. The Morgan fingerprint density at radius 1 is 0.957 bits per heavy atom. The van der Waals surface area contributed by atoms with Crippen molar-refractivity contribution in [1.29, 1.82) is 0 Å². The van der Waals surface area contributed by atoms with Crippen molar-refractivity contribution in [3.05, 3.63) is 82.9 Å². The molecule has 3 nitrogen and oxygen atoms in total. The smallest absolute Gasteiger partial charge is 0.267 e. The van der Waals surface area contributed by atoms with Gasteiger partial charge in [0, 0.05) is 0 Å². The lowest BCUT2D eigenvalue weighted by Crippen LogP contribution is -2.19. The van der Waals surface area contributed by atoms with Crippen molar-refractivity contribution in [2.24, 2.45) is 5.10 Å². The molecule has 0 spiro atoms. The lowest BCUT2D eigenvalue weighted by molar-refractivity contribution is 0.0955. The zero-order valence-electron chi connectivity index (χ0n) is 12.6. The van der Waals surface area contributed by atoms with Crippen LogP contribution in [0.3, 0.4) is 0 Å². The monoisotopic (exact) mass is 322 g/mol. The minimum atomic E-state index is -0.323. The van der Waals surface area contributed by atoms with Crippen molar-refractivity contribution in [1.82, 2.24) is 5.43 Å². The molecule has 0 aliphatic rings. The molecule has 0 aliphatic heterocycles. The number of benzene rings is 3. The molecule has 1 N–H and O–H groups in total. The summed E-state index contributed by atoms with van der Waals surface area (Å²) >= 11 is 6.01. The van der Waals surface area contributed by atoms with Gasteiger partial charge in [0.25, 0.3) is 5.91 Å². The summed E-state index contributed by atoms with van der Waals surface area (Å²) in [5.41, 5.74) is 4.65. The topological polar surface area (TPSA) is 41.5 Å². The average molecular weight is 323 g/mol. The van der Waals surface area contributed by atoms with Crippen LogP contribution < -0.4 is 5.43 Å². The third-order valence-corrected chi connectivity index (χ3v) is 3.94. The molecule has 23 heavy (non-hydrogen) atoms. The number of carbonyl (C=O) groups excluding carboxylic acids is 1. The molecule has 0 bridgehead atoms. The molecule has 0 heterocycles. The highest BCUT2D eigenvalue weighted by atomic mass is 35.5. The quantitative estimate of drug-likeness (QED) is 0.553. The first kappa shape index (κ1) is 15.3. The summed E-state index contributed by atoms with van der Waals surface area (Å²) in [6.45, 7) is 1.86. The van der Waals surface area contributed by atoms with Gasteiger partial charge in [-0.3, -0.25) is 4.79 Å². The Labute approximate surface area is 139 Å². The predicted molar refractivity (Wildman–Crippen MR) is 95.1 cm³/mol. The normalized spacial score (nSPS) is 11.5. The van der Waals surface area contributed by atoms with Gasteiger partial charge < -0.3 is 0 Å². The van der Waals surface area contributed by atoms with E-state index in [1.54, 1.807) is 24.3 Å². The van der Waals surface area contributed by atoms with Crippen LogP contribution in [0.15, 0.2) is 71.8 Å². The van der Waals surface area contributed by atoms with Crippen LogP contribution in [-0.4, -0.2) is 11.6 Å². The molecule has 0 saturated heterocycles. The summed E-state index contributed by atoms with van der Waals surface area (Å²) in [6, 6.07) is 21.1. The molecule has 0 aromatic heterocycles. The van der Waals surface area contributed by atoms with E-state index < -0.39 is 0 Å². The van der Waals surface area contributed by atoms with Crippen molar-refractivity contribution >= 4 is 34.0 Å². The second-order valence-corrected chi connectivity index (χ2v) is 5.59. The summed E-state index contributed by atoms with van der Waals surface area (Å²) in [5, 5.41) is 6.89. The van der Waals surface area contributed by atoms with Crippen molar-refractivity contribution in [2.75, 3.05) is 0 Å². The number of fused-ring (bicyclic) bond motifs is 1. The number of amides is 1. The number of hydrogen-bond acceptors (Lipinski definition) is 2. The van der Waals surface area contributed by atoms with Crippen LogP contribution in [0.4, 0.5) is 0 Å². The number of carbonyl (C=O) groups is 1. The maximum atomic E-state index is 12.1. The molecule has 0 atom stereocenters. The summed E-state index contributed by atoms with van der Waals surface area (Å²) < 4.78 is 0. The van der Waals surface area contributed by atoms with Crippen LogP contribution in [0.25, 0.3) is 10.8 Å². The van der Waals surface area contributed by atoms with Crippen LogP contribution in [0.5, 0.6) is 0 Å². The second kappa shape index (κ2) is 6.63. The highest BCUT2D eigenvalue weighted by molar-refractivity contribution is 6.33.